The van der Waals surface area contributed by atoms with Crippen molar-refractivity contribution in [2.75, 3.05) is 26.3 Å². The van der Waals surface area contributed by atoms with Crippen LogP contribution in [-0.4, -0.2) is 36.2 Å². The van der Waals surface area contributed by atoms with Crippen LogP contribution in [0.25, 0.3) is 0 Å². The SMILES string of the molecule is c1ccc(CSc2nc(CN3CCOCC3)cs2)cc1. The maximum Gasteiger partial charge on any atom is 0.150 e. The number of morpholine rings is 1. The standard InChI is InChI=1S/C15H18N2OS2/c1-2-4-13(5-3-1)11-19-15-16-14(12-20-15)10-17-6-8-18-9-7-17/h1-5,12H,6-11H2. The van der Waals surface area contributed by atoms with Crippen molar-refractivity contribution in [2.45, 2.75) is 16.6 Å². The number of thioether (sulfide) groups is 1. The molecule has 0 aliphatic carbocycles. The minimum Gasteiger partial charge on any atom is -0.379 e. The van der Waals surface area contributed by atoms with E-state index >= 15 is 0 Å². The lowest BCUT2D eigenvalue weighted by Crippen LogP contribution is -2.35. The second-order valence-corrected chi connectivity index (χ2v) is 6.85. The van der Waals surface area contributed by atoms with Gasteiger partial charge in [0.2, 0.25) is 0 Å². The highest BCUT2D eigenvalue weighted by molar-refractivity contribution is 8.00. The number of ether oxygens (including phenoxy) is 1. The third-order valence-corrected chi connectivity index (χ3v) is 5.37. The monoisotopic (exact) mass is 306 g/mol. The minimum atomic E-state index is 0.847. The molecule has 0 spiro atoms. The first-order chi connectivity index (χ1) is 9.90. The van der Waals surface area contributed by atoms with Gasteiger partial charge in [0.1, 0.15) is 4.34 Å². The zero-order chi connectivity index (χ0) is 13.6. The average Bonchev–Trinajstić information content (AvgIpc) is 2.95. The topological polar surface area (TPSA) is 25.4 Å². The van der Waals surface area contributed by atoms with E-state index in [9.17, 15) is 0 Å². The van der Waals surface area contributed by atoms with Gasteiger partial charge in [-0.05, 0) is 5.56 Å². The first-order valence-corrected chi connectivity index (χ1v) is 8.68. The van der Waals surface area contributed by atoms with Crippen molar-refractivity contribution < 1.29 is 4.74 Å². The summed E-state index contributed by atoms with van der Waals surface area (Å²) in [6, 6.07) is 10.5. The van der Waals surface area contributed by atoms with E-state index in [0.717, 1.165) is 42.9 Å². The molecule has 106 valence electrons. The fraction of sp³-hybridized carbons (Fsp3) is 0.400. The number of hydrogen-bond donors (Lipinski definition) is 0. The van der Waals surface area contributed by atoms with E-state index in [1.54, 1.807) is 11.3 Å². The number of rotatable bonds is 5. The van der Waals surface area contributed by atoms with Gasteiger partial charge in [-0.25, -0.2) is 4.98 Å². The van der Waals surface area contributed by atoms with E-state index < -0.39 is 0 Å². The molecule has 1 aliphatic heterocycles. The van der Waals surface area contributed by atoms with E-state index in [0.29, 0.717) is 0 Å². The van der Waals surface area contributed by atoms with Crippen LogP contribution >= 0.6 is 23.1 Å². The van der Waals surface area contributed by atoms with Gasteiger partial charge < -0.3 is 4.74 Å². The molecule has 0 amide bonds. The van der Waals surface area contributed by atoms with Gasteiger partial charge in [0.05, 0.1) is 18.9 Å². The summed E-state index contributed by atoms with van der Waals surface area (Å²) in [5, 5.41) is 2.18. The summed E-state index contributed by atoms with van der Waals surface area (Å²) in [5.74, 6) is 0.991. The zero-order valence-electron chi connectivity index (χ0n) is 11.3. The van der Waals surface area contributed by atoms with Crippen molar-refractivity contribution in [2.24, 2.45) is 0 Å². The van der Waals surface area contributed by atoms with Gasteiger partial charge in [0.15, 0.2) is 0 Å². The molecule has 2 heterocycles. The molecule has 20 heavy (non-hydrogen) atoms. The summed E-state index contributed by atoms with van der Waals surface area (Å²) in [7, 11) is 0. The second-order valence-electron chi connectivity index (χ2n) is 4.77. The van der Waals surface area contributed by atoms with Gasteiger partial charge in [0.25, 0.3) is 0 Å². The summed E-state index contributed by atoms with van der Waals surface area (Å²) in [5.41, 5.74) is 2.54. The Morgan fingerprint density at radius 1 is 1.20 bits per heavy atom. The van der Waals surface area contributed by atoms with Crippen LogP contribution < -0.4 is 0 Å². The van der Waals surface area contributed by atoms with E-state index in [1.165, 1.54) is 11.3 Å². The predicted molar refractivity (Wildman–Crippen MR) is 84.2 cm³/mol. The molecule has 1 aromatic heterocycles. The van der Waals surface area contributed by atoms with Crippen LogP contribution in [-0.2, 0) is 17.0 Å². The van der Waals surface area contributed by atoms with Crippen LogP contribution in [0.2, 0.25) is 0 Å². The fourth-order valence-corrected chi connectivity index (χ4v) is 3.93. The summed E-state index contributed by atoms with van der Waals surface area (Å²) in [6.45, 7) is 4.68. The van der Waals surface area contributed by atoms with Crippen LogP contribution in [0.3, 0.4) is 0 Å². The van der Waals surface area contributed by atoms with E-state index in [-0.39, 0.29) is 0 Å². The summed E-state index contributed by atoms with van der Waals surface area (Å²) in [4.78, 5) is 7.13. The van der Waals surface area contributed by atoms with E-state index in [4.69, 9.17) is 9.72 Å². The number of thiazole rings is 1. The third kappa shape index (κ3) is 4.06. The third-order valence-electron chi connectivity index (χ3n) is 3.23. The van der Waals surface area contributed by atoms with Crippen LogP contribution in [0.5, 0.6) is 0 Å². The summed E-state index contributed by atoms with van der Waals surface area (Å²) >= 11 is 3.57. The molecule has 0 saturated carbocycles. The van der Waals surface area contributed by atoms with Crippen LogP contribution in [0, 0.1) is 0 Å². The molecule has 1 aliphatic rings. The largest absolute Gasteiger partial charge is 0.379 e. The molecule has 0 atom stereocenters. The summed E-state index contributed by atoms with van der Waals surface area (Å²) < 4.78 is 6.53. The Morgan fingerprint density at radius 2 is 2.00 bits per heavy atom. The Bertz CT molecular complexity index is 524. The summed E-state index contributed by atoms with van der Waals surface area (Å²) in [6.07, 6.45) is 0. The highest BCUT2D eigenvalue weighted by Gasteiger charge is 2.12. The smallest absolute Gasteiger partial charge is 0.150 e. The highest BCUT2D eigenvalue weighted by Crippen LogP contribution is 2.26. The van der Waals surface area contributed by atoms with Crippen molar-refractivity contribution in [3.8, 4) is 0 Å². The highest BCUT2D eigenvalue weighted by atomic mass is 32.2. The average molecular weight is 306 g/mol. The minimum absolute atomic E-state index is 0.847. The van der Waals surface area contributed by atoms with Crippen LogP contribution in [0.15, 0.2) is 40.1 Å². The zero-order valence-corrected chi connectivity index (χ0v) is 13.0. The number of nitrogens with zero attached hydrogens (tertiary/aromatic N) is 2. The van der Waals surface area contributed by atoms with Gasteiger partial charge in [-0.2, -0.15) is 0 Å². The van der Waals surface area contributed by atoms with Gasteiger partial charge >= 0.3 is 0 Å². The van der Waals surface area contributed by atoms with E-state index in [1.807, 2.05) is 11.8 Å². The molecule has 0 bridgehead atoms. The molecule has 0 N–H and O–H groups in total. The molecule has 0 radical (unpaired) electrons. The molecule has 5 heteroatoms. The van der Waals surface area contributed by atoms with Crippen molar-refractivity contribution in [3.05, 3.63) is 47.0 Å². The molecule has 0 unspecified atom stereocenters. The quantitative estimate of drug-likeness (QED) is 0.792. The van der Waals surface area contributed by atoms with E-state index in [2.05, 4.69) is 40.6 Å². The van der Waals surface area contributed by atoms with Gasteiger partial charge in [-0.1, -0.05) is 42.1 Å². The van der Waals surface area contributed by atoms with Crippen LogP contribution in [0.1, 0.15) is 11.3 Å². The Labute approximate surface area is 128 Å². The van der Waals surface area contributed by atoms with Gasteiger partial charge in [-0.15, -0.1) is 11.3 Å². The van der Waals surface area contributed by atoms with Gasteiger partial charge in [-0.3, -0.25) is 4.90 Å². The van der Waals surface area contributed by atoms with Crippen molar-refractivity contribution >= 4 is 23.1 Å². The molecular weight excluding hydrogens is 288 g/mol. The molecular formula is C15H18N2OS2. The van der Waals surface area contributed by atoms with Crippen LogP contribution in [0.4, 0.5) is 0 Å². The fourth-order valence-electron chi connectivity index (χ4n) is 2.13. The van der Waals surface area contributed by atoms with Gasteiger partial charge in [0, 0.05) is 30.8 Å². The number of aromatic nitrogens is 1. The lowest BCUT2D eigenvalue weighted by molar-refractivity contribution is 0.0337. The lowest BCUT2D eigenvalue weighted by atomic mass is 10.2. The Hall–Kier alpha value is -0.880. The molecule has 3 rings (SSSR count). The number of hydrogen-bond acceptors (Lipinski definition) is 5. The van der Waals surface area contributed by atoms with Crippen molar-refractivity contribution in [1.29, 1.82) is 0 Å². The Kier molecular flexibility index (Phi) is 5.08. The van der Waals surface area contributed by atoms with Crippen molar-refractivity contribution in [3.63, 3.8) is 0 Å². The maximum atomic E-state index is 5.37. The second kappa shape index (κ2) is 7.22. The van der Waals surface area contributed by atoms with Crippen molar-refractivity contribution in [1.82, 2.24) is 9.88 Å². The Balaban J connectivity index is 1.51. The molecule has 1 fully saturated rings. The normalized spacial score (nSPS) is 16.4. The molecule has 1 aromatic carbocycles. The first kappa shape index (κ1) is 14.1. The first-order valence-electron chi connectivity index (χ1n) is 6.81. The molecule has 1 saturated heterocycles. The molecule has 2 aromatic rings. The predicted octanol–water partition coefficient (Wildman–Crippen LogP) is 3.27. The molecule has 3 nitrogen and oxygen atoms in total. The number of benzene rings is 1. The lowest BCUT2D eigenvalue weighted by Gasteiger charge is -2.25. The Morgan fingerprint density at radius 3 is 2.80 bits per heavy atom. The maximum absolute atomic E-state index is 5.37.